The molecule has 1 aliphatic carbocycles. The monoisotopic (exact) mass is 284 g/mol. The van der Waals surface area contributed by atoms with Crippen LogP contribution in [0.1, 0.15) is 38.7 Å². The molecule has 0 aliphatic heterocycles. The largest absolute Gasteiger partial charge is 0.271 e. The van der Waals surface area contributed by atoms with Crippen LogP contribution in [0.4, 0.5) is 4.39 Å². The Morgan fingerprint density at radius 3 is 2.84 bits per heavy atom. The summed E-state index contributed by atoms with van der Waals surface area (Å²) in [7, 11) is 0. The number of halogens is 2. The van der Waals surface area contributed by atoms with E-state index in [-0.39, 0.29) is 22.3 Å². The van der Waals surface area contributed by atoms with E-state index in [9.17, 15) is 4.39 Å². The van der Waals surface area contributed by atoms with Gasteiger partial charge in [-0.1, -0.05) is 44.0 Å². The highest BCUT2D eigenvalue weighted by molar-refractivity contribution is 6.30. The molecule has 1 aliphatic rings. The number of nitrogens with one attached hydrogen (secondary N) is 1. The van der Waals surface area contributed by atoms with Crippen LogP contribution in [0.15, 0.2) is 18.2 Å². The summed E-state index contributed by atoms with van der Waals surface area (Å²) in [5.41, 5.74) is 3.78. The zero-order valence-electron chi connectivity index (χ0n) is 11.5. The van der Waals surface area contributed by atoms with Crippen LogP contribution in [0.2, 0.25) is 5.02 Å². The van der Waals surface area contributed by atoms with Gasteiger partial charge in [0, 0.05) is 6.04 Å². The van der Waals surface area contributed by atoms with Crippen molar-refractivity contribution in [1.29, 1.82) is 0 Å². The molecule has 19 heavy (non-hydrogen) atoms. The SMILES string of the molecule is CC1(C)CCCC1C(Cc1cccc(Cl)c1F)NN. The third-order valence-corrected chi connectivity index (χ3v) is 4.80. The van der Waals surface area contributed by atoms with Crippen LogP contribution in [0.25, 0.3) is 0 Å². The highest BCUT2D eigenvalue weighted by Crippen LogP contribution is 2.44. The van der Waals surface area contributed by atoms with Gasteiger partial charge >= 0.3 is 0 Å². The minimum Gasteiger partial charge on any atom is -0.271 e. The quantitative estimate of drug-likeness (QED) is 0.654. The third-order valence-electron chi connectivity index (χ3n) is 4.51. The number of nitrogens with two attached hydrogens (primary N) is 1. The van der Waals surface area contributed by atoms with Crippen molar-refractivity contribution in [1.82, 2.24) is 5.43 Å². The molecule has 2 atom stereocenters. The van der Waals surface area contributed by atoms with Crippen molar-refractivity contribution in [2.75, 3.05) is 0 Å². The predicted octanol–water partition coefficient (Wildman–Crippen LogP) is 3.68. The first-order chi connectivity index (χ1) is 8.95. The van der Waals surface area contributed by atoms with Crippen LogP contribution in [-0.2, 0) is 6.42 Å². The van der Waals surface area contributed by atoms with Gasteiger partial charge in [-0.05, 0) is 42.2 Å². The first kappa shape index (κ1) is 14.8. The maximum Gasteiger partial charge on any atom is 0.145 e. The summed E-state index contributed by atoms with van der Waals surface area (Å²) >= 11 is 5.83. The molecule has 0 heterocycles. The van der Waals surface area contributed by atoms with Gasteiger partial charge in [0.15, 0.2) is 0 Å². The molecule has 0 spiro atoms. The van der Waals surface area contributed by atoms with Crippen LogP contribution < -0.4 is 11.3 Å². The van der Waals surface area contributed by atoms with Crippen molar-refractivity contribution in [3.8, 4) is 0 Å². The Kier molecular flexibility index (Phi) is 4.49. The third kappa shape index (κ3) is 3.10. The molecule has 0 radical (unpaired) electrons. The summed E-state index contributed by atoms with van der Waals surface area (Å²) in [5, 5.41) is 0.180. The van der Waals surface area contributed by atoms with Gasteiger partial charge < -0.3 is 0 Å². The van der Waals surface area contributed by atoms with E-state index in [4.69, 9.17) is 17.4 Å². The van der Waals surface area contributed by atoms with E-state index < -0.39 is 0 Å². The molecule has 2 unspecified atom stereocenters. The summed E-state index contributed by atoms with van der Waals surface area (Å²) in [6.45, 7) is 4.53. The Morgan fingerprint density at radius 2 is 2.26 bits per heavy atom. The van der Waals surface area contributed by atoms with Crippen molar-refractivity contribution in [2.24, 2.45) is 17.2 Å². The van der Waals surface area contributed by atoms with Crippen molar-refractivity contribution in [3.05, 3.63) is 34.6 Å². The molecule has 1 aromatic rings. The van der Waals surface area contributed by atoms with Crippen LogP contribution in [-0.4, -0.2) is 6.04 Å². The highest BCUT2D eigenvalue weighted by atomic mass is 35.5. The first-order valence-corrected chi connectivity index (χ1v) is 7.22. The summed E-state index contributed by atoms with van der Waals surface area (Å²) < 4.78 is 14.0. The van der Waals surface area contributed by atoms with Gasteiger partial charge in [0.1, 0.15) is 5.82 Å². The molecule has 1 saturated carbocycles. The van der Waals surface area contributed by atoms with Gasteiger partial charge in [-0.25, -0.2) is 4.39 Å². The van der Waals surface area contributed by atoms with E-state index in [1.165, 1.54) is 12.8 Å². The second-order valence-corrected chi connectivity index (χ2v) is 6.58. The molecule has 0 saturated heterocycles. The van der Waals surface area contributed by atoms with Crippen molar-refractivity contribution in [3.63, 3.8) is 0 Å². The second kappa shape index (κ2) is 5.78. The molecule has 3 N–H and O–H groups in total. The minimum absolute atomic E-state index is 0.0884. The van der Waals surface area contributed by atoms with Crippen molar-refractivity contribution < 1.29 is 4.39 Å². The van der Waals surface area contributed by atoms with Crippen LogP contribution in [0.5, 0.6) is 0 Å². The van der Waals surface area contributed by atoms with Crippen LogP contribution >= 0.6 is 11.6 Å². The molecular formula is C15H22ClFN2. The van der Waals surface area contributed by atoms with Gasteiger partial charge in [0.25, 0.3) is 0 Å². The number of hydrazine groups is 1. The Hall–Kier alpha value is -0.640. The maximum atomic E-state index is 14.0. The molecule has 1 aromatic carbocycles. The van der Waals surface area contributed by atoms with E-state index in [0.717, 1.165) is 6.42 Å². The lowest BCUT2D eigenvalue weighted by molar-refractivity contribution is 0.195. The standard InChI is InChI=1S/C15H22ClFN2/c1-15(2)8-4-6-11(15)13(19-18)9-10-5-3-7-12(16)14(10)17/h3,5,7,11,13,19H,4,6,8-9,18H2,1-2H3. The number of benzene rings is 1. The molecule has 2 rings (SSSR count). The predicted molar refractivity (Wildman–Crippen MR) is 77.3 cm³/mol. The molecule has 2 nitrogen and oxygen atoms in total. The normalized spacial score (nSPS) is 23.5. The van der Waals surface area contributed by atoms with Gasteiger partial charge in [0.2, 0.25) is 0 Å². The number of hydrogen-bond acceptors (Lipinski definition) is 2. The molecule has 4 heteroatoms. The van der Waals surface area contributed by atoms with Crippen LogP contribution in [0, 0.1) is 17.2 Å². The zero-order valence-corrected chi connectivity index (χ0v) is 12.3. The van der Waals surface area contributed by atoms with E-state index in [2.05, 4.69) is 19.3 Å². The average Bonchev–Trinajstić information content (AvgIpc) is 2.71. The molecule has 0 aromatic heterocycles. The van der Waals surface area contributed by atoms with Crippen molar-refractivity contribution in [2.45, 2.75) is 45.6 Å². The lowest BCUT2D eigenvalue weighted by Crippen LogP contribution is -2.46. The fourth-order valence-corrected chi connectivity index (χ4v) is 3.55. The lowest BCUT2D eigenvalue weighted by atomic mass is 9.76. The molecule has 0 bridgehead atoms. The molecule has 1 fully saturated rings. The Labute approximate surface area is 119 Å². The summed E-state index contributed by atoms with van der Waals surface area (Å²) in [4.78, 5) is 0. The van der Waals surface area contributed by atoms with Gasteiger partial charge in [-0.15, -0.1) is 0 Å². The lowest BCUT2D eigenvalue weighted by Gasteiger charge is -2.34. The average molecular weight is 285 g/mol. The van der Waals surface area contributed by atoms with E-state index in [0.29, 0.717) is 17.9 Å². The van der Waals surface area contributed by atoms with E-state index in [1.54, 1.807) is 18.2 Å². The smallest absolute Gasteiger partial charge is 0.145 e. The second-order valence-electron chi connectivity index (χ2n) is 6.18. The van der Waals surface area contributed by atoms with E-state index >= 15 is 0 Å². The Bertz CT molecular complexity index is 448. The summed E-state index contributed by atoms with van der Waals surface area (Å²) in [5.74, 6) is 5.85. The fraction of sp³-hybridized carbons (Fsp3) is 0.600. The van der Waals surface area contributed by atoms with Gasteiger partial charge in [-0.3, -0.25) is 11.3 Å². The van der Waals surface area contributed by atoms with Gasteiger partial charge in [-0.2, -0.15) is 0 Å². The van der Waals surface area contributed by atoms with Gasteiger partial charge in [0.05, 0.1) is 5.02 Å². The summed E-state index contributed by atoms with van der Waals surface area (Å²) in [6, 6.07) is 5.23. The fourth-order valence-electron chi connectivity index (χ4n) is 3.36. The molecule has 106 valence electrons. The summed E-state index contributed by atoms with van der Waals surface area (Å²) in [6.07, 6.45) is 4.14. The highest BCUT2D eigenvalue weighted by Gasteiger charge is 2.39. The van der Waals surface area contributed by atoms with Crippen molar-refractivity contribution >= 4 is 11.6 Å². The molecule has 0 amide bonds. The maximum absolute atomic E-state index is 14.0. The number of rotatable bonds is 4. The first-order valence-electron chi connectivity index (χ1n) is 6.84. The molecular weight excluding hydrogens is 263 g/mol. The Balaban J connectivity index is 2.17. The zero-order chi connectivity index (χ0) is 14.0. The minimum atomic E-state index is -0.319. The Morgan fingerprint density at radius 1 is 1.53 bits per heavy atom. The van der Waals surface area contributed by atoms with Crippen LogP contribution in [0.3, 0.4) is 0 Å². The number of hydrogen-bond donors (Lipinski definition) is 2. The topological polar surface area (TPSA) is 38.0 Å². The van der Waals surface area contributed by atoms with E-state index in [1.807, 2.05) is 0 Å².